The number of carbonyl (C=O) groups is 1. The van der Waals surface area contributed by atoms with Gasteiger partial charge in [0.2, 0.25) is 0 Å². The van der Waals surface area contributed by atoms with Crippen LogP contribution in [-0.2, 0) is 0 Å². The summed E-state index contributed by atoms with van der Waals surface area (Å²) in [5, 5.41) is 3.06. The first-order valence-electron chi connectivity index (χ1n) is 10.1. The normalized spacial score (nSPS) is 16.5. The Labute approximate surface area is 165 Å². The maximum atomic E-state index is 13.0. The Morgan fingerprint density at radius 2 is 2.07 bits per heavy atom. The van der Waals surface area contributed by atoms with Crippen LogP contribution in [0.3, 0.4) is 0 Å². The van der Waals surface area contributed by atoms with E-state index in [-0.39, 0.29) is 11.9 Å². The first-order valence-corrected chi connectivity index (χ1v) is 10.1. The van der Waals surface area contributed by atoms with E-state index in [2.05, 4.69) is 9.72 Å². The fourth-order valence-corrected chi connectivity index (χ4v) is 4.17. The summed E-state index contributed by atoms with van der Waals surface area (Å²) in [5.74, 6) is 2.16. The van der Waals surface area contributed by atoms with Gasteiger partial charge < -0.3 is 14.1 Å². The van der Waals surface area contributed by atoms with Gasteiger partial charge in [0, 0.05) is 18.7 Å². The third-order valence-corrected chi connectivity index (χ3v) is 5.71. The molecule has 1 atom stereocenters. The van der Waals surface area contributed by atoms with Crippen molar-refractivity contribution in [2.24, 2.45) is 0 Å². The molecule has 0 saturated heterocycles. The highest BCUT2D eigenvalue weighted by atomic mass is 16.3. The lowest BCUT2D eigenvalue weighted by molar-refractivity contribution is 0.0936. The van der Waals surface area contributed by atoms with Crippen LogP contribution in [0.2, 0.25) is 0 Å². The van der Waals surface area contributed by atoms with Gasteiger partial charge in [-0.15, -0.1) is 0 Å². The topological polar surface area (TPSA) is 62.8 Å². The van der Waals surface area contributed by atoms with Crippen LogP contribution in [0.1, 0.15) is 66.1 Å². The molecule has 0 aromatic carbocycles. The predicted molar refractivity (Wildman–Crippen MR) is 108 cm³/mol. The van der Waals surface area contributed by atoms with Gasteiger partial charge in [-0.3, -0.25) is 9.69 Å². The summed E-state index contributed by atoms with van der Waals surface area (Å²) < 4.78 is 7.63. The van der Waals surface area contributed by atoms with Gasteiger partial charge in [-0.2, -0.15) is 0 Å². The molecule has 0 spiro atoms. The average Bonchev–Trinajstić information content (AvgIpc) is 3.37. The second kappa shape index (κ2) is 8.19. The predicted octanol–water partition coefficient (Wildman–Crippen LogP) is 4.01. The fraction of sp³-hybridized carbons (Fsp3) is 0.455. The molecule has 4 rings (SSSR count). The third-order valence-electron chi connectivity index (χ3n) is 5.71. The number of carbonyl (C=O) groups excluding carboxylic acids is 1. The molecule has 0 bridgehead atoms. The minimum absolute atomic E-state index is 0.0226. The molecule has 6 heteroatoms. The molecule has 0 aliphatic heterocycles. The lowest BCUT2D eigenvalue weighted by Crippen LogP contribution is -2.34. The largest absolute Gasteiger partial charge is 0.468 e. The van der Waals surface area contributed by atoms with Crippen molar-refractivity contribution in [3.05, 3.63) is 60.1 Å². The molecule has 1 saturated carbocycles. The molecule has 1 unspecified atom stereocenters. The van der Waals surface area contributed by atoms with Gasteiger partial charge in [0.1, 0.15) is 11.6 Å². The van der Waals surface area contributed by atoms with E-state index in [1.165, 1.54) is 19.3 Å². The summed E-state index contributed by atoms with van der Waals surface area (Å²) in [6, 6.07) is 9.72. The second-order valence-electron chi connectivity index (χ2n) is 7.81. The summed E-state index contributed by atoms with van der Waals surface area (Å²) >= 11 is 0. The monoisotopic (exact) mass is 380 g/mol. The van der Waals surface area contributed by atoms with Gasteiger partial charge in [0.15, 0.2) is 5.69 Å². The molecule has 1 amide bonds. The minimum Gasteiger partial charge on any atom is -0.468 e. The van der Waals surface area contributed by atoms with Crippen molar-refractivity contribution in [3.63, 3.8) is 0 Å². The van der Waals surface area contributed by atoms with Crippen molar-refractivity contribution in [1.29, 1.82) is 0 Å². The summed E-state index contributed by atoms with van der Waals surface area (Å²) in [5.41, 5.74) is 1.39. The van der Waals surface area contributed by atoms with Gasteiger partial charge in [-0.1, -0.05) is 25.3 Å². The molecular weight excluding hydrogens is 352 g/mol. The van der Waals surface area contributed by atoms with Crippen LogP contribution in [0.25, 0.3) is 5.52 Å². The third kappa shape index (κ3) is 3.69. The number of furan rings is 1. The highest BCUT2D eigenvalue weighted by Gasteiger charge is 2.25. The van der Waals surface area contributed by atoms with Crippen LogP contribution >= 0.6 is 0 Å². The standard InChI is InChI=1S/C22H28N4O2/c1-25(2)18(19-12-8-14-28-19)15-23-22(27)20-17-11-6-7-13-26(17)21(24-20)16-9-4-3-5-10-16/h6-8,11-14,16,18H,3-5,9-10,15H2,1-2H3,(H,23,27). The zero-order valence-electron chi connectivity index (χ0n) is 16.6. The van der Waals surface area contributed by atoms with Gasteiger partial charge >= 0.3 is 0 Å². The van der Waals surface area contributed by atoms with Crippen molar-refractivity contribution < 1.29 is 9.21 Å². The number of rotatable bonds is 6. The Morgan fingerprint density at radius 3 is 2.79 bits per heavy atom. The molecular formula is C22H28N4O2. The van der Waals surface area contributed by atoms with Gasteiger partial charge in [0.05, 0.1) is 17.8 Å². The molecule has 1 aliphatic rings. The number of imidazole rings is 1. The van der Waals surface area contributed by atoms with E-state index in [0.717, 1.165) is 29.9 Å². The molecule has 3 aromatic rings. The molecule has 6 nitrogen and oxygen atoms in total. The number of hydrogen-bond acceptors (Lipinski definition) is 4. The van der Waals surface area contributed by atoms with Gasteiger partial charge in [0.25, 0.3) is 5.91 Å². The quantitative estimate of drug-likeness (QED) is 0.702. The summed E-state index contributed by atoms with van der Waals surface area (Å²) in [6.07, 6.45) is 9.75. The highest BCUT2D eigenvalue weighted by Crippen LogP contribution is 2.33. The molecule has 28 heavy (non-hydrogen) atoms. The van der Waals surface area contributed by atoms with Crippen molar-refractivity contribution in [2.45, 2.75) is 44.1 Å². The SMILES string of the molecule is CN(C)C(CNC(=O)c1nc(C2CCCCC2)n2ccccc12)c1ccco1. The number of amides is 1. The molecule has 3 heterocycles. The second-order valence-corrected chi connectivity index (χ2v) is 7.81. The number of hydrogen-bond donors (Lipinski definition) is 1. The smallest absolute Gasteiger partial charge is 0.272 e. The number of fused-ring (bicyclic) bond motifs is 1. The van der Waals surface area contributed by atoms with Crippen LogP contribution in [0.5, 0.6) is 0 Å². The van der Waals surface area contributed by atoms with E-state index >= 15 is 0 Å². The van der Waals surface area contributed by atoms with Crippen LogP contribution in [0.15, 0.2) is 47.2 Å². The average molecular weight is 380 g/mol. The van der Waals surface area contributed by atoms with Crippen LogP contribution in [-0.4, -0.2) is 40.8 Å². The maximum Gasteiger partial charge on any atom is 0.272 e. The zero-order valence-corrected chi connectivity index (χ0v) is 16.6. The summed E-state index contributed by atoms with van der Waals surface area (Å²) in [6.45, 7) is 0.462. The Morgan fingerprint density at radius 1 is 1.25 bits per heavy atom. The molecule has 1 N–H and O–H groups in total. The molecule has 148 valence electrons. The molecule has 0 radical (unpaired) electrons. The first kappa shape index (κ1) is 18.7. The number of nitrogens with zero attached hydrogens (tertiary/aromatic N) is 3. The van der Waals surface area contributed by atoms with E-state index in [1.807, 2.05) is 55.5 Å². The van der Waals surface area contributed by atoms with E-state index in [1.54, 1.807) is 6.26 Å². The fourth-order valence-electron chi connectivity index (χ4n) is 4.17. The number of likely N-dealkylation sites (N-methyl/N-ethyl adjacent to an activating group) is 1. The highest BCUT2D eigenvalue weighted by molar-refractivity contribution is 5.99. The Hall–Kier alpha value is -2.60. The van der Waals surface area contributed by atoms with E-state index in [9.17, 15) is 4.79 Å². The lowest BCUT2D eigenvalue weighted by atomic mass is 9.89. The Bertz CT molecular complexity index is 923. The Kier molecular flexibility index (Phi) is 5.48. The zero-order chi connectivity index (χ0) is 19.5. The number of aromatic nitrogens is 2. The first-order chi connectivity index (χ1) is 13.6. The molecule has 1 fully saturated rings. The van der Waals surface area contributed by atoms with Crippen molar-refractivity contribution in [1.82, 2.24) is 19.6 Å². The van der Waals surface area contributed by atoms with Crippen LogP contribution < -0.4 is 5.32 Å². The Balaban J connectivity index is 1.57. The molecule has 3 aromatic heterocycles. The number of nitrogens with one attached hydrogen (secondary N) is 1. The maximum absolute atomic E-state index is 13.0. The molecule has 1 aliphatic carbocycles. The van der Waals surface area contributed by atoms with Crippen molar-refractivity contribution in [2.75, 3.05) is 20.6 Å². The summed E-state index contributed by atoms with van der Waals surface area (Å²) in [7, 11) is 3.96. The lowest BCUT2D eigenvalue weighted by Gasteiger charge is -2.22. The minimum atomic E-state index is -0.135. The van der Waals surface area contributed by atoms with E-state index in [4.69, 9.17) is 9.40 Å². The van der Waals surface area contributed by atoms with Gasteiger partial charge in [-0.05, 0) is 51.2 Å². The van der Waals surface area contributed by atoms with Crippen LogP contribution in [0.4, 0.5) is 0 Å². The van der Waals surface area contributed by atoms with E-state index < -0.39 is 0 Å². The number of pyridine rings is 1. The van der Waals surface area contributed by atoms with Crippen LogP contribution in [0, 0.1) is 0 Å². The van der Waals surface area contributed by atoms with Crippen molar-refractivity contribution in [3.8, 4) is 0 Å². The summed E-state index contributed by atoms with van der Waals surface area (Å²) in [4.78, 5) is 19.9. The van der Waals surface area contributed by atoms with Gasteiger partial charge in [-0.25, -0.2) is 4.98 Å². The van der Waals surface area contributed by atoms with E-state index in [0.29, 0.717) is 18.2 Å². The van der Waals surface area contributed by atoms with Crippen molar-refractivity contribution >= 4 is 11.4 Å².